The summed E-state index contributed by atoms with van der Waals surface area (Å²) in [5, 5.41) is 8.69. The first-order valence-corrected chi connectivity index (χ1v) is 5.27. The molecule has 1 N–H and O–H groups in total. The van der Waals surface area contributed by atoms with Crippen LogP contribution in [0.2, 0.25) is 0 Å². The Morgan fingerprint density at radius 2 is 2.11 bits per heavy atom. The molecule has 7 heteroatoms. The molecular weight excluding hydrogens is 261 g/mol. The van der Waals surface area contributed by atoms with Crippen molar-refractivity contribution in [3.8, 4) is 0 Å². The van der Waals surface area contributed by atoms with E-state index in [1.54, 1.807) is 0 Å². The maximum atomic E-state index is 12.5. The molecule has 0 aliphatic carbocycles. The highest BCUT2D eigenvalue weighted by Crippen LogP contribution is 2.29. The number of alkyl halides is 3. The number of imidazole rings is 1. The minimum atomic E-state index is -4.39. The average Bonchev–Trinajstić information content (AvgIpc) is 2.77. The summed E-state index contributed by atoms with van der Waals surface area (Å²) in [5.41, 5.74) is -0.459. The number of carbonyl (C=O) groups is 1. The van der Waals surface area contributed by atoms with Gasteiger partial charge in [-0.3, -0.25) is 0 Å². The van der Waals surface area contributed by atoms with Gasteiger partial charge in [0.2, 0.25) is 0 Å². The van der Waals surface area contributed by atoms with Crippen LogP contribution in [0.15, 0.2) is 36.8 Å². The molecule has 0 saturated carbocycles. The van der Waals surface area contributed by atoms with Gasteiger partial charge in [-0.1, -0.05) is 12.1 Å². The second kappa shape index (κ2) is 4.75. The van der Waals surface area contributed by atoms with E-state index in [-0.39, 0.29) is 12.2 Å². The standard InChI is InChI=1S/C12H9F3N2O2/c13-12(14,15)9-3-1-2-8(4-9)5-17-6-10(11(18)19)16-7-17/h1-4,6-7H,5H2,(H,18,19). The first-order chi connectivity index (χ1) is 8.86. The van der Waals surface area contributed by atoms with Crippen LogP contribution in [0, 0.1) is 0 Å². The fourth-order valence-electron chi connectivity index (χ4n) is 1.61. The minimum Gasteiger partial charge on any atom is -0.476 e. The molecule has 19 heavy (non-hydrogen) atoms. The molecule has 0 atom stereocenters. The molecule has 0 radical (unpaired) electrons. The molecule has 0 unspecified atom stereocenters. The van der Waals surface area contributed by atoms with Crippen molar-refractivity contribution in [3.05, 3.63) is 53.6 Å². The van der Waals surface area contributed by atoms with E-state index in [0.29, 0.717) is 5.56 Å². The van der Waals surface area contributed by atoms with Gasteiger partial charge in [-0.2, -0.15) is 13.2 Å². The van der Waals surface area contributed by atoms with E-state index in [4.69, 9.17) is 5.11 Å². The van der Waals surface area contributed by atoms with Crippen molar-refractivity contribution in [3.63, 3.8) is 0 Å². The largest absolute Gasteiger partial charge is 0.476 e. The first-order valence-electron chi connectivity index (χ1n) is 5.27. The lowest BCUT2D eigenvalue weighted by atomic mass is 10.1. The summed E-state index contributed by atoms with van der Waals surface area (Å²) in [4.78, 5) is 14.3. The predicted octanol–water partition coefficient (Wildman–Crippen LogP) is 2.65. The summed E-state index contributed by atoms with van der Waals surface area (Å²) in [5.74, 6) is -1.18. The molecule has 0 aliphatic rings. The van der Waals surface area contributed by atoms with Crippen LogP contribution < -0.4 is 0 Å². The zero-order valence-electron chi connectivity index (χ0n) is 9.55. The van der Waals surface area contributed by atoms with E-state index in [2.05, 4.69) is 4.98 Å². The van der Waals surface area contributed by atoms with Crippen LogP contribution in [0.1, 0.15) is 21.6 Å². The van der Waals surface area contributed by atoms with Gasteiger partial charge in [0.05, 0.1) is 11.9 Å². The monoisotopic (exact) mass is 270 g/mol. The number of aromatic carboxylic acids is 1. The Morgan fingerprint density at radius 3 is 2.68 bits per heavy atom. The smallest absolute Gasteiger partial charge is 0.416 e. The SMILES string of the molecule is O=C(O)c1cn(Cc2cccc(C(F)(F)F)c2)cn1. The van der Waals surface area contributed by atoms with Crippen LogP contribution in [0.4, 0.5) is 13.2 Å². The normalized spacial score (nSPS) is 11.5. The number of carboxylic acids is 1. The van der Waals surface area contributed by atoms with Crippen LogP contribution >= 0.6 is 0 Å². The van der Waals surface area contributed by atoms with E-state index >= 15 is 0 Å². The third-order valence-electron chi connectivity index (χ3n) is 2.47. The Hall–Kier alpha value is -2.31. The maximum Gasteiger partial charge on any atom is 0.416 e. The third kappa shape index (κ3) is 3.12. The fourth-order valence-corrected chi connectivity index (χ4v) is 1.61. The number of benzene rings is 1. The van der Waals surface area contributed by atoms with E-state index in [1.165, 1.54) is 29.2 Å². The summed E-state index contributed by atoms with van der Waals surface area (Å²) >= 11 is 0. The number of nitrogens with zero attached hydrogens (tertiary/aromatic N) is 2. The number of hydrogen-bond donors (Lipinski definition) is 1. The number of hydrogen-bond acceptors (Lipinski definition) is 2. The van der Waals surface area contributed by atoms with Crippen molar-refractivity contribution in [1.82, 2.24) is 9.55 Å². The molecule has 4 nitrogen and oxygen atoms in total. The molecule has 0 fully saturated rings. The Morgan fingerprint density at radius 1 is 1.37 bits per heavy atom. The zero-order chi connectivity index (χ0) is 14.0. The molecular formula is C12H9F3N2O2. The van der Waals surface area contributed by atoms with Crippen molar-refractivity contribution in [1.29, 1.82) is 0 Å². The lowest BCUT2D eigenvalue weighted by molar-refractivity contribution is -0.137. The minimum absolute atomic E-state index is 0.129. The topological polar surface area (TPSA) is 55.1 Å². The Labute approximate surface area is 106 Å². The van der Waals surface area contributed by atoms with E-state index in [1.807, 2.05) is 0 Å². The summed E-state index contributed by atoms with van der Waals surface area (Å²) in [6.45, 7) is 0.129. The van der Waals surface area contributed by atoms with Crippen LogP contribution in [-0.2, 0) is 12.7 Å². The van der Waals surface area contributed by atoms with Crippen molar-refractivity contribution in [2.45, 2.75) is 12.7 Å². The number of rotatable bonds is 3. The van der Waals surface area contributed by atoms with Gasteiger partial charge >= 0.3 is 12.1 Å². The van der Waals surface area contributed by atoms with Crippen LogP contribution in [-0.4, -0.2) is 20.6 Å². The van der Waals surface area contributed by atoms with Gasteiger partial charge in [-0.05, 0) is 17.7 Å². The van der Waals surface area contributed by atoms with Gasteiger partial charge in [0.1, 0.15) is 0 Å². The molecule has 0 bridgehead atoms. The second-order valence-electron chi connectivity index (χ2n) is 3.93. The van der Waals surface area contributed by atoms with Gasteiger partial charge in [-0.25, -0.2) is 9.78 Å². The molecule has 0 aliphatic heterocycles. The molecule has 2 rings (SSSR count). The van der Waals surface area contributed by atoms with Crippen LogP contribution in [0.5, 0.6) is 0 Å². The molecule has 2 aromatic rings. The zero-order valence-corrected chi connectivity index (χ0v) is 9.55. The van der Waals surface area contributed by atoms with Gasteiger partial charge in [0.15, 0.2) is 5.69 Å². The predicted molar refractivity (Wildman–Crippen MR) is 59.7 cm³/mol. The highest BCUT2D eigenvalue weighted by atomic mass is 19.4. The van der Waals surface area contributed by atoms with Crippen molar-refractivity contribution in [2.24, 2.45) is 0 Å². The lowest BCUT2D eigenvalue weighted by Crippen LogP contribution is -2.06. The van der Waals surface area contributed by atoms with E-state index in [0.717, 1.165) is 12.1 Å². The highest BCUT2D eigenvalue weighted by molar-refractivity contribution is 5.84. The van der Waals surface area contributed by atoms with E-state index in [9.17, 15) is 18.0 Å². The number of halogens is 3. The molecule has 1 aromatic heterocycles. The Bertz CT molecular complexity index is 605. The van der Waals surface area contributed by atoms with Gasteiger partial charge < -0.3 is 9.67 Å². The third-order valence-corrected chi connectivity index (χ3v) is 2.47. The maximum absolute atomic E-state index is 12.5. The van der Waals surface area contributed by atoms with Gasteiger partial charge in [-0.15, -0.1) is 0 Å². The fraction of sp³-hybridized carbons (Fsp3) is 0.167. The van der Waals surface area contributed by atoms with Crippen molar-refractivity contribution in [2.75, 3.05) is 0 Å². The summed E-state index contributed by atoms with van der Waals surface area (Å²) in [6.07, 6.45) is -1.86. The highest BCUT2D eigenvalue weighted by Gasteiger charge is 2.30. The summed E-state index contributed by atoms with van der Waals surface area (Å²) in [6, 6.07) is 4.86. The second-order valence-corrected chi connectivity index (χ2v) is 3.93. The van der Waals surface area contributed by atoms with Gasteiger partial charge in [0, 0.05) is 12.7 Å². The molecule has 1 aromatic carbocycles. The number of aromatic nitrogens is 2. The molecule has 0 amide bonds. The Balaban J connectivity index is 2.21. The number of carboxylic acid groups (broad SMARTS) is 1. The average molecular weight is 270 g/mol. The van der Waals surface area contributed by atoms with Gasteiger partial charge in [0.25, 0.3) is 0 Å². The van der Waals surface area contributed by atoms with Crippen molar-refractivity contribution >= 4 is 5.97 Å². The molecule has 100 valence electrons. The Kier molecular flexibility index (Phi) is 3.28. The van der Waals surface area contributed by atoms with Crippen molar-refractivity contribution < 1.29 is 23.1 Å². The molecule has 1 heterocycles. The molecule has 0 saturated heterocycles. The van der Waals surface area contributed by atoms with Crippen LogP contribution in [0.3, 0.4) is 0 Å². The van der Waals surface area contributed by atoms with E-state index < -0.39 is 17.7 Å². The van der Waals surface area contributed by atoms with Crippen LogP contribution in [0.25, 0.3) is 0 Å². The molecule has 0 spiro atoms. The quantitative estimate of drug-likeness (QED) is 0.932. The summed E-state index contributed by atoms with van der Waals surface area (Å²) in [7, 11) is 0. The lowest BCUT2D eigenvalue weighted by Gasteiger charge is -2.08. The summed E-state index contributed by atoms with van der Waals surface area (Å²) < 4.78 is 39.0. The first kappa shape index (κ1) is 13.1.